The van der Waals surface area contributed by atoms with Gasteiger partial charge in [-0.2, -0.15) is 5.26 Å². The molecule has 0 unspecified atom stereocenters. The molecule has 0 aliphatic rings. The first-order chi connectivity index (χ1) is 13.0. The molecule has 0 atom stereocenters. The van der Waals surface area contributed by atoms with Crippen LogP contribution in [0.2, 0.25) is 0 Å². The monoisotopic (exact) mass is 368 g/mol. The Hall–Kier alpha value is -4.06. The van der Waals surface area contributed by atoms with Crippen molar-refractivity contribution in [2.45, 2.75) is 0 Å². The van der Waals surface area contributed by atoms with E-state index in [0.717, 1.165) is 6.20 Å². The summed E-state index contributed by atoms with van der Waals surface area (Å²) in [5.41, 5.74) is 0.00893. The van der Waals surface area contributed by atoms with E-state index in [2.05, 4.69) is 10.6 Å². The van der Waals surface area contributed by atoms with Gasteiger partial charge in [0.05, 0.1) is 24.8 Å². The lowest BCUT2D eigenvalue weighted by molar-refractivity contribution is -0.383. The van der Waals surface area contributed by atoms with Crippen molar-refractivity contribution >= 4 is 23.0 Å². The molecule has 138 valence electrons. The summed E-state index contributed by atoms with van der Waals surface area (Å²) in [7, 11) is 2.92. The lowest BCUT2D eigenvalue weighted by Crippen LogP contribution is -2.15. The van der Waals surface area contributed by atoms with Crippen molar-refractivity contribution in [1.29, 1.82) is 5.26 Å². The fourth-order valence-corrected chi connectivity index (χ4v) is 2.15. The second-order valence-electron chi connectivity index (χ2n) is 5.11. The second-order valence-corrected chi connectivity index (χ2v) is 5.11. The molecule has 0 spiro atoms. The highest BCUT2D eigenvalue weighted by Gasteiger charge is 2.15. The minimum absolute atomic E-state index is 0.155. The average Bonchev–Trinajstić information content (AvgIpc) is 2.68. The van der Waals surface area contributed by atoms with E-state index in [0.29, 0.717) is 17.2 Å². The SMILES string of the molecule is COc1ccc(OC)c(NC(=O)/C(C#N)=C\Nc2ccccc2[N+](=O)[O-])c1. The molecule has 9 nitrogen and oxygen atoms in total. The molecule has 27 heavy (non-hydrogen) atoms. The number of rotatable bonds is 7. The van der Waals surface area contributed by atoms with Crippen LogP contribution in [-0.4, -0.2) is 25.1 Å². The standard InChI is InChI=1S/C18H16N4O5/c1-26-13-7-8-17(27-2)15(9-13)21-18(23)12(10-19)11-20-14-5-3-4-6-16(14)22(24)25/h3-9,11,20H,1-2H3,(H,21,23)/b12-11-. The lowest BCUT2D eigenvalue weighted by Gasteiger charge is -2.11. The fraction of sp³-hybridized carbons (Fsp3) is 0.111. The van der Waals surface area contributed by atoms with Gasteiger partial charge in [0.1, 0.15) is 28.8 Å². The van der Waals surface area contributed by atoms with Crippen molar-refractivity contribution in [3.63, 3.8) is 0 Å². The number of hydrogen-bond acceptors (Lipinski definition) is 7. The number of ether oxygens (including phenoxy) is 2. The Labute approximate surface area is 155 Å². The maximum Gasteiger partial charge on any atom is 0.292 e. The fourth-order valence-electron chi connectivity index (χ4n) is 2.15. The number of carbonyl (C=O) groups is 1. The van der Waals surface area contributed by atoms with E-state index < -0.39 is 10.8 Å². The zero-order valence-corrected chi connectivity index (χ0v) is 14.6. The Kier molecular flexibility index (Phi) is 6.33. The third-order valence-electron chi connectivity index (χ3n) is 3.49. The van der Waals surface area contributed by atoms with Crippen LogP contribution in [0.15, 0.2) is 54.2 Å². The van der Waals surface area contributed by atoms with Gasteiger partial charge in [-0.25, -0.2) is 0 Å². The Bertz CT molecular complexity index is 934. The van der Waals surface area contributed by atoms with Gasteiger partial charge in [0, 0.05) is 18.3 Å². The molecule has 1 amide bonds. The summed E-state index contributed by atoms with van der Waals surface area (Å²) in [4.78, 5) is 22.8. The van der Waals surface area contributed by atoms with Gasteiger partial charge in [0.15, 0.2) is 0 Å². The maximum atomic E-state index is 12.4. The van der Waals surface area contributed by atoms with Crippen molar-refractivity contribution in [2.75, 3.05) is 24.9 Å². The number of amides is 1. The van der Waals surface area contributed by atoms with E-state index in [1.165, 1.54) is 32.4 Å². The van der Waals surface area contributed by atoms with E-state index in [4.69, 9.17) is 9.47 Å². The van der Waals surface area contributed by atoms with E-state index in [1.807, 2.05) is 0 Å². The predicted molar refractivity (Wildman–Crippen MR) is 98.6 cm³/mol. The Morgan fingerprint density at radius 1 is 1.19 bits per heavy atom. The van der Waals surface area contributed by atoms with Gasteiger partial charge in [-0.15, -0.1) is 0 Å². The van der Waals surface area contributed by atoms with E-state index >= 15 is 0 Å². The maximum absolute atomic E-state index is 12.4. The molecule has 0 fully saturated rings. The predicted octanol–water partition coefficient (Wildman–Crippen LogP) is 3.07. The molecule has 9 heteroatoms. The number of carbonyl (C=O) groups excluding carboxylic acids is 1. The molecule has 0 aliphatic carbocycles. The Morgan fingerprint density at radius 3 is 2.56 bits per heavy atom. The first-order valence-corrected chi connectivity index (χ1v) is 7.63. The quantitative estimate of drug-likeness (QED) is 0.333. The third kappa shape index (κ3) is 4.73. The minimum Gasteiger partial charge on any atom is -0.497 e. The summed E-state index contributed by atoms with van der Waals surface area (Å²) in [6, 6.07) is 12.4. The van der Waals surface area contributed by atoms with Crippen LogP contribution in [0.3, 0.4) is 0 Å². The summed E-state index contributed by atoms with van der Waals surface area (Å²) in [6.07, 6.45) is 1.10. The van der Waals surface area contributed by atoms with Gasteiger partial charge in [0.2, 0.25) is 0 Å². The Balaban J connectivity index is 2.23. The third-order valence-corrected chi connectivity index (χ3v) is 3.49. The first-order valence-electron chi connectivity index (χ1n) is 7.63. The molecule has 0 saturated carbocycles. The highest BCUT2D eigenvalue weighted by atomic mass is 16.6. The number of methoxy groups -OCH3 is 2. The van der Waals surface area contributed by atoms with Gasteiger partial charge in [-0.1, -0.05) is 12.1 Å². The number of anilines is 2. The molecule has 0 radical (unpaired) electrons. The summed E-state index contributed by atoms with van der Waals surface area (Å²) in [5.74, 6) is 0.162. The van der Waals surface area contributed by atoms with Crippen LogP contribution in [0.1, 0.15) is 0 Å². The van der Waals surface area contributed by atoms with Crippen LogP contribution in [0.25, 0.3) is 0 Å². The summed E-state index contributed by atoms with van der Waals surface area (Å²) >= 11 is 0. The molecule has 0 heterocycles. The number of hydrogen-bond donors (Lipinski definition) is 2. The van der Waals surface area contributed by atoms with E-state index in [1.54, 1.807) is 30.3 Å². The number of nitriles is 1. The van der Waals surface area contributed by atoms with Crippen molar-refractivity contribution in [2.24, 2.45) is 0 Å². The summed E-state index contributed by atoms with van der Waals surface area (Å²) in [5, 5.41) is 25.4. The number of nitrogens with one attached hydrogen (secondary N) is 2. The van der Waals surface area contributed by atoms with Crippen LogP contribution >= 0.6 is 0 Å². The van der Waals surface area contributed by atoms with Crippen LogP contribution in [0, 0.1) is 21.4 Å². The van der Waals surface area contributed by atoms with Gasteiger partial charge < -0.3 is 20.1 Å². The first kappa shape index (κ1) is 19.3. The molecular weight excluding hydrogens is 352 g/mol. The lowest BCUT2D eigenvalue weighted by atomic mass is 10.2. The molecule has 2 aromatic carbocycles. The second kappa shape index (κ2) is 8.87. The van der Waals surface area contributed by atoms with Crippen LogP contribution in [-0.2, 0) is 4.79 Å². The molecule has 2 rings (SSSR count). The van der Waals surface area contributed by atoms with Crippen molar-refractivity contribution in [1.82, 2.24) is 0 Å². The van der Waals surface area contributed by atoms with Crippen molar-refractivity contribution in [3.05, 3.63) is 64.4 Å². The largest absolute Gasteiger partial charge is 0.497 e. The van der Waals surface area contributed by atoms with Crippen molar-refractivity contribution < 1.29 is 19.2 Å². The number of nitro groups is 1. The topological polar surface area (TPSA) is 127 Å². The average molecular weight is 368 g/mol. The molecule has 0 saturated heterocycles. The highest BCUT2D eigenvalue weighted by Crippen LogP contribution is 2.29. The molecule has 0 aromatic heterocycles. The van der Waals surface area contributed by atoms with Gasteiger partial charge in [-0.3, -0.25) is 14.9 Å². The van der Waals surface area contributed by atoms with Crippen LogP contribution < -0.4 is 20.1 Å². The van der Waals surface area contributed by atoms with Gasteiger partial charge in [-0.05, 0) is 18.2 Å². The zero-order valence-electron chi connectivity index (χ0n) is 14.6. The molecule has 2 N–H and O–H groups in total. The highest BCUT2D eigenvalue weighted by molar-refractivity contribution is 6.07. The van der Waals surface area contributed by atoms with Gasteiger partial charge in [0.25, 0.3) is 11.6 Å². The summed E-state index contributed by atoms with van der Waals surface area (Å²) < 4.78 is 10.3. The Morgan fingerprint density at radius 2 is 1.93 bits per heavy atom. The molecular formula is C18H16N4O5. The molecule has 0 bridgehead atoms. The number of benzene rings is 2. The van der Waals surface area contributed by atoms with Gasteiger partial charge >= 0.3 is 0 Å². The zero-order chi connectivity index (χ0) is 19.8. The summed E-state index contributed by atoms with van der Waals surface area (Å²) in [6.45, 7) is 0. The number of nitrogens with zero attached hydrogens (tertiary/aromatic N) is 2. The number of nitro benzene ring substituents is 1. The van der Waals surface area contributed by atoms with E-state index in [-0.39, 0.29) is 16.9 Å². The smallest absolute Gasteiger partial charge is 0.292 e. The van der Waals surface area contributed by atoms with Crippen molar-refractivity contribution in [3.8, 4) is 17.6 Å². The van der Waals surface area contributed by atoms with Crippen LogP contribution in [0.5, 0.6) is 11.5 Å². The minimum atomic E-state index is -0.713. The molecule has 2 aromatic rings. The van der Waals surface area contributed by atoms with E-state index in [9.17, 15) is 20.2 Å². The number of para-hydroxylation sites is 2. The molecule has 0 aliphatic heterocycles. The van der Waals surface area contributed by atoms with Crippen LogP contribution in [0.4, 0.5) is 17.1 Å². The normalized spacial score (nSPS) is 10.5.